The number of carbonyl (C=O) groups excluding carboxylic acids is 1. The van der Waals surface area contributed by atoms with Crippen molar-refractivity contribution in [2.45, 2.75) is 32.2 Å². The Balaban J connectivity index is 1.39. The fourth-order valence-electron chi connectivity index (χ4n) is 3.25. The van der Waals surface area contributed by atoms with Crippen LogP contribution in [0.3, 0.4) is 0 Å². The molecule has 3 aromatic rings. The Hall–Kier alpha value is -3.03. The van der Waals surface area contributed by atoms with Crippen LogP contribution >= 0.6 is 0 Å². The summed E-state index contributed by atoms with van der Waals surface area (Å²) in [6.07, 6.45) is 7.05. The molecule has 0 bridgehead atoms. The van der Waals surface area contributed by atoms with Crippen LogP contribution < -0.4 is 0 Å². The number of likely N-dealkylation sites (tertiary alicyclic amines) is 1. The van der Waals surface area contributed by atoms with Crippen LogP contribution in [0.15, 0.2) is 36.8 Å². The minimum absolute atomic E-state index is 0.00395. The maximum absolute atomic E-state index is 12.6. The van der Waals surface area contributed by atoms with Crippen LogP contribution in [0.25, 0.3) is 11.4 Å². The molecular formula is C18H21N7O. The van der Waals surface area contributed by atoms with Crippen molar-refractivity contribution in [1.29, 1.82) is 0 Å². The van der Waals surface area contributed by atoms with E-state index in [4.69, 9.17) is 0 Å². The van der Waals surface area contributed by atoms with E-state index in [9.17, 15) is 4.79 Å². The Morgan fingerprint density at radius 1 is 1.31 bits per heavy atom. The third-order valence-electron chi connectivity index (χ3n) is 4.78. The molecule has 3 aromatic heterocycles. The van der Waals surface area contributed by atoms with Crippen LogP contribution in [-0.4, -0.2) is 53.8 Å². The fourth-order valence-corrected chi connectivity index (χ4v) is 3.25. The number of aromatic amines is 1. The molecule has 1 amide bonds. The Morgan fingerprint density at radius 2 is 2.15 bits per heavy atom. The van der Waals surface area contributed by atoms with E-state index >= 15 is 0 Å². The summed E-state index contributed by atoms with van der Waals surface area (Å²) in [5.74, 6) is 1.83. The van der Waals surface area contributed by atoms with Gasteiger partial charge in [0, 0.05) is 49.7 Å². The minimum atomic E-state index is 0.00395. The molecule has 134 valence electrons. The molecule has 1 saturated heterocycles. The second-order valence-corrected chi connectivity index (χ2v) is 6.41. The summed E-state index contributed by atoms with van der Waals surface area (Å²) in [4.78, 5) is 23.2. The summed E-state index contributed by atoms with van der Waals surface area (Å²) in [5, 5.41) is 11.7. The van der Waals surface area contributed by atoms with E-state index in [1.54, 1.807) is 23.1 Å². The molecule has 0 spiro atoms. The van der Waals surface area contributed by atoms with Crippen LogP contribution in [0.4, 0.5) is 0 Å². The molecule has 1 N–H and O–H groups in total. The van der Waals surface area contributed by atoms with Gasteiger partial charge in [-0.3, -0.25) is 19.6 Å². The normalized spacial score (nSPS) is 15.3. The zero-order valence-corrected chi connectivity index (χ0v) is 14.7. The van der Waals surface area contributed by atoms with Gasteiger partial charge in [-0.15, -0.1) is 0 Å². The van der Waals surface area contributed by atoms with E-state index in [1.807, 2.05) is 30.2 Å². The predicted molar refractivity (Wildman–Crippen MR) is 95.4 cm³/mol. The van der Waals surface area contributed by atoms with Crippen LogP contribution in [-0.2, 0) is 6.54 Å². The van der Waals surface area contributed by atoms with Gasteiger partial charge in [0.1, 0.15) is 11.5 Å². The lowest BCUT2D eigenvalue weighted by molar-refractivity contribution is 0.0704. The molecule has 0 atom stereocenters. The highest BCUT2D eigenvalue weighted by Crippen LogP contribution is 2.27. The molecule has 1 fully saturated rings. The summed E-state index contributed by atoms with van der Waals surface area (Å²) in [6.45, 7) is 4.17. The van der Waals surface area contributed by atoms with Gasteiger partial charge in [0.25, 0.3) is 5.91 Å². The van der Waals surface area contributed by atoms with Gasteiger partial charge in [0.15, 0.2) is 5.82 Å². The number of amides is 1. The number of pyridine rings is 1. The summed E-state index contributed by atoms with van der Waals surface area (Å²) >= 11 is 0. The number of carbonyl (C=O) groups is 1. The van der Waals surface area contributed by atoms with E-state index in [0.29, 0.717) is 24.6 Å². The number of hydrogen-bond donors (Lipinski definition) is 1. The predicted octanol–water partition coefficient (Wildman–Crippen LogP) is 2.10. The Bertz CT molecular complexity index is 878. The highest BCUT2D eigenvalue weighted by Gasteiger charge is 2.27. The molecule has 1 aliphatic rings. The van der Waals surface area contributed by atoms with Crippen LogP contribution in [0.5, 0.6) is 0 Å². The van der Waals surface area contributed by atoms with Crippen LogP contribution in [0, 0.1) is 0 Å². The van der Waals surface area contributed by atoms with Crippen molar-refractivity contribution in [3.05, 3.63) is 48.3 Å². The van der Waals surface area contributed by atoms with Gasteiger partial charge in [-0.1, -0.05) is 0 Å². The van der Waals surface area contributed by atoms with Crippen molar-refractivity contribution in [3.63, 3.8) is 0 Å². The molecule has 0 aliphatic carbocycles. The largest absolute Gasteiger partial charge is 0.337 e. The van der Waals surface area contributed by atoms with Gasteiger partial charge in [0.05, 0.1) is 0 Å². The molecule has 8 nitrogen and oxygen atoms in total. The number of aromatic nitrogens is 6. The SMILES string of the molecule is CCn1ccc(C(=O)N2CCC(c3nc(-c4cccnc4)n[nH]3)CC2)n1. The smallest absolute Gasteiger partial charge is 0.274 e. The molecule has 1 aliphatic heterocycles. The summed E-state index contributed by atoms with van der Waals surface area (Å²) in [5.41, 5.74) is 1.41. The van der Waals surface area contributed by atoms with E-state index < -0.39 is 0 Å². The average Bonchev–Trinajstić information content (AvgIpc) is 3.38. The van der Waals surface area contributed by atoms with Gasteiger partial charge >= 0.3 is 0 Å². The lowest BCUT2D eigenvalue weighted by Crippen LogP contribution is -2.38. The van der Waals surface area contributed by atoms with E-state index in [-0.39, 0.29) is 11.8 Å². The standard InChI is InChI=1S/C18H21N7O/c1-2-25-11-7-15(23-25)18(26)24-9-5-13(6-10-24)16-20-17(22-21-16)14-4-3-8-19-12-14/h3-4,7-8,11-13H,2,5-6,9-10H2,1H3,(H,20,21,22). The van der Waals surface area contributed by atoms with Gasteiger partial charge in [-0.25, -0.2) is 4.98 Å². The molecule has 0 unspecified atom stereocenters. The molecule has 8 heteroatoms. The van der Waals surface area contributed by atoms with Crippen molar-refractivity contribution in [2.75, 3.05) is 13.1 Å². The second kappa shape index (κ2) is 7.07. The summed E-state index contributed by atoms with van der Waals surface area (Å²) in [6, 6.07) is 5.60. The third kappa shape index (κ3) is 3.22. The number of rotatable bonds is 4. The monoisotopic (exact) mass is 351 g/mol. The average molecular weight is 351 g/mol. The van der Waals surface area contributed by atoms with Gasteiger partial charge in [-0.05, 0) is 38.0 Å². The number of nitrogens with zero attached hydrogens (tertiary/aromatic N) is 6. The Morgan fingerprint density at radius 3 is 2.85 bits per heavy atom. The van der Waals surface area contributed by atoms with E-state index in [2.05, 4.69) is 25.3 Å². The first-order valence-corrected chi connectivity index (χ1v) is 8.90. The summed E-state index contributed by atoms with van der Waals surface area (Å²) < 4.78 is 1.77. The number of H-pyrrole nitrogens is 1. The van der Waals surface area contributed by atoms with Crippen molar-refractivity contribution in [2.24, 2.45) is 0 Å². The number of aryl methyl sites for hydroxylation is 1. The molecule has 26 heavy (non-hydrogen) atoms. The zero-order valence-electron chi connectivity index (χ0n) is 14.7. The maximum atomic E-state index is 12.6. The zero-order chi connectivity index (χ0) is 17.9. The molecule has 0 radical (unpaired) electrons. The first-order valence-electron chi connectivity index (χ1n) is 8.90. The first kappa shape index (κ1) is 16.4. The van der Waals surface area contributed by atoms with Crippen molar-refractivity contribution in [3.8, 4) is 11.4 Å². The molecule has 0 aromatic carbocycles. The van der Waals surface area contributed by atoms with E-state index in [0.717, 1.165) is 30.8 Å². The number of piperidine rings is 1. The van der Waals surface area contributed by atoms with Crippen LogP contribution in [0.1, 0.15) is 42.0 Å². The van der Waals surface area contributed by atoms with Crippen molar-refractivity contribution in [1.82, 2.24) is 34.8 Å². The number of hydrogen-bond acceptors (Lipinski definition) is 5. The number of nitrogens with one attached hydrogen (secondary N) is 1. The maximum Gasteiger partial charge on any atom is 0.274 e. The van der Waals surface area contributed by atoms with Crippen LogP contribution in [0.2, 0.25) is 0 Å². The van der Waals surface area contributed by atoms with Gasteiger partial charge < -0.3 is 4.90 Å². The van der Waals surface area contributed by atoms with Crippen molar-refractivity contribution < 1.29 is 4.79 Å². The fraction of sp³-hybridized carbons (Fsp3) is 0.389. The topological polar surface area (TPSA) is 92.6 Å². The molecule has 0 saturated carbocycles. The van der Waals surface area contributed by atoms with Crippen molar-refractivity contribution >= 4 is 5.91 Å². The van der Waals surface area contributed by atoms with Gasteiger partial charge in [0.2, 0.25) is 0 Å². The lowest BCUT2D eigenvalue weighted by Gasteiger charge is -2.30. The highest BCUT2D eigenvalue weighted by atomic mass is 16.2. The highest BCUT2D eigenvalue weighted by molar-refractivity contribution is 5.92. The minimum Gasteiger partial charge on any atom is -0.337 e. The molecule has 4 heterocycles. The molecular weight excluding hydrogens is 330 g/mol. The van der Waals surface area contributed by atoms with E-state index in [1.165, 1.54) is 0 Å². The van der Waals surface area contributed by atoms with Gasteiger partial charge in [-0.2, -0.15) is 10.2 Å². The first-order chi connectivity index (χ1) is 12.7. The Kier molecular flexibility index (Phi) is 4.47. The quantitative estimate of drug-likeness (QED) is 0.777. The lowest BCUT2D eigenvalue weighted by atomic mass is 9.96. The summed E-state index contributed by atoms with van der Waals surface area (Å²) in [7, 11) is 0. The second-order valence-electron chi connectivity index (χ2n) is 6.41. The molecule has 4 rings (SSSR count). The Labute approximate surface area is 151 Å². The third-order valence-corrected chi connectivity index (χ3v) is 4.78.